The van der Waals surface area contributed by atoms with Crippen molar-refractivity contribution in [3.05, 3.63) is 28.5 Å². The Morgan fingerprint density at radius 2 is 2.23 bits per heavy atom. The second kappa shape index (κ2) is 7.99. The summed E-state index contributed by atoms with van der Waals surface area (Å²) in [7, 11) is 0. The Labute approximate surface area is 157 Å². The third kappa shape index (κ3) is 4.49. The molecule has 8 heteroatoms. The molecule has 1 unspecified atom stereocenters. The van der Waals surface area contributed by atoms with Gasteiger partial charge in [0.1, 0.15) is 0 Å². The monoisotopic (exact) mass is 375 g/mol. The zero-order valence-corrected chi connectivity index (χ0v) is 16.3. The molecular formula is C18H25N5O2S. The molecule has 2 amide bonds. The molecule has 7 nitrogen and oxygen atoms in total. The lowest BCUT2D eigenvalue weighted by atomic mass is 10.1. The zero-order chi connectivity index (χ0) is 18.7. The number of hydrogen-bond donors (Lipinski definition) is 1. The van der Waals surface area contributed by atoms with Gasteiger partial charge in [-0.1, -0.05) is 6.92 Å². The Morgan fingerprint density at radius 1 is 1.42 bits per heavy atom. The van der Waals surface area contributed by atoms with Gasteiger partial charge in [-0.3, -0.25) is 19.2 Å². The molecule has 140 valence electrons. The topological polar surface area (TPSA) is 80.1 Å². The van der Waals surface area contributed by atoms with Gasteiger partial charge in [0.2, 0.25) is 11.8 Å². The van der Waals surface area contributed by atoms with Gasteiger partial charge in [0.15, 0.2) is 5.13 Å². The standard InChI is InChI=1S/C18H25N5O2S/c1-12(10-23-14(3)7-13(2)21-23)9-19-16(24)8-15-11-26-18(20-15)22-6-4-5-17(22)25/h7,11-12H,4-6,8-10H2,1-3H3,(H,19,24). The van der Waals surface area contributed by atoms with Crippen molar-refractivity contribution in [1.82, 2.24) is 20.1 Å². The lowest BCUT2D eigenvalue weighted by Crippen LogP contribution is -2.31. The van der Waals surface area contributed by atoms with E-state index in [-0.39, 0.29) is 24.2 Å². The molecule has 3 heterocycles. The highest BCUT2D eigenvalue weighted by Gasteiger charge is 2.24. The lowest BCUT2D eigenvalue weighted by Gasteiger charge is -2.14. The second-order valence-corrected chi connectivity index (χ2v) is 7.80. The first-order chi connectivity index (χ1) is 12.4. The van der Waals surface area contributed by atoms with Crippen LogP contribution >= 0.6 is 11.3 Å². The van der Waals surface area contributed by atoms with Gasteiger partial charge in [-0.15, -0.1) is 11.3 Å². The fourth-order valence-corrected chi connectivity index (χ4v) is 3.95. The minimum absolute atomic E-state index is 0.0465. The fourth-order valence-electron chi connectivity index (χ4n) is 3.09. The first kappa shape index (κ1) is 18.6. The molecule has 1 aliphatic heterocycles. The molecule has 1 atom stereocenters. The number of thiazole rings is 1. The van der Waals surface area contributed by atoms with Gasteiger partial charge in [-0.05, 0) is 32.3 Å². The Kier molecular flexibility index (Phi) is 5.70. The summed E-state index contributed by atoms with van der Waals surface area (Å²) in [5.74, 6) is 0.355. The number of anilines is 1. The first-order valence-electron chi connectivity index (χ1n) is 8.95. The number of nitrogens with zero attached hydrogens (tertiary/aromatic N) is 4. The SMILES string of the molecule is Cc1cc(C)n(CC(C)CNC(=O)Cc2csc(N3CCCC3=O)n2)n1. The first-order valence-corrected chi connectivity index (χ1v) is 9.83. The summed E-state index contributed by atoms with van der Waals surface area (Å²) < 4.78 is 1.98. The number of carbonyl (C=O) groups is 2. The highest BCUT2D eigenvalue weighted by Crippen LogP contribution is 2.25. The van der Waals surface area contributed by atoms with Crippen molar-refractivity contribution in [3.8, 4) is 0 Å². The number of carbonyl (C=O) groups excluding carboxylic acids is 2. The van der Waals surface area contributed by atoms with Crippen molar-refractivity contribution in [2.24, 2.45) is 5.92 Å². The third-order valence-electron chi connectivity index (χ3n) is 4.42. The quantitative estimate of drug-likeness (QED) is 0.803. The maximum Gasteiger partial charge on any atom is 0.228 e. The summed E-state index contributed by atoms with van der Waals surface area (Å²) >= 11 is 1.43. The maximum atomic E-state index is 12.2. The van der Waals surface area contributed by atoms with E-state index in [9.17, 15) is 9.59 Å². The molecule has 0 aliphatic carbocycles. The lowest BCUT2D eigenvalue weighted by molar-refractivity contribution is -0.120. The molecule has 1 N–H and O–H groups in total. The van der Waals surface area contributed by atoms with Crippen LogP contribution in [-0.2, 0) is 22.6 Å². The summed E-state index contributed by atoms with van der Waals surface area (Å²) in [6.07, 6.45) is 1.70. The van der Waals surface area contributed by atoms with Crippen molar-refractivity contribution in [1.29, 1.82) is 0 Å². The zero-order valence-electron chi connectivity index (χ0n) is 15.5. The van der Waals surface area contributed by atoms with E-state index in [4.69, 9.17) is 0 Å². The second-order valence-electron chi connectivity index (χ2n) is 6.97. The third-order valence-corrected chi connectivity index (χ3v) is 5.33. The highest BCUT2D eigenvalue weighted by molar-refractivity contribution is 7.14. The molecule has 0 bridgehead atoms. The number of aryl methyl sites for hydroxylation is 2. The summed E-state index contributed by atoms with van der Waals surface area (Å²) in [4.78, 5) is 30.1. The Hall–Kier alpha value is -2.22. The average molecular weight is 375 g/mol. The number of amides is 2. The van der Waals surface area contributed by atoms with E-state index in [2.05, 4.69) is 28.4 Å². The van der Waals surface area contributed by atoms with Crippen LogP contribution in [0.3, 0.4) is 0 Å². The van der Waals surface area contributed by atoms with Crippen molar-refractivity contribution in [2.45, 2.75) is 46.6 Å². The highest BCUT2D eigenvalue weighted by atomic mass is 32.1. The largest absolute Gasteiger partial charge is 0.355 e. The van der Waals surface area contributed by atoms with Crippen LogP contribution in [0.25, 0.3) is 0 Å². The van der Waals surface area contributed by atoms with Crippen molar-refractivity contribution in [2.75, 3.05) is 18.0 Å². The summed E-state index contributed by atoms with van der Waals surface area (Å²) in [5.41, 5.74) is 2.86. The number of nitrogens with one attached hydrogen (secondary N) is 1. The molecule has 0 radical (unpaired) electrons. The predicted octanol–water partition coefficient (Wildman–Crippen LogP) is 2.08. The number of hydrogen-bond acceptors (Lipinski definition) is 5. The Bertz CT molecular complexity index is 797. The average Bonchev–Trinajstić information content (AvgIpc) is 3.27. The maximum absolute atomic E-state index is 12.2. The van der Waals surface area contributed by atoms with Crippen LogP contribution in [0.1, 0.15) is 36.8 Å². The van der Waals surface area contributed by atoms with Gasteiger partial charge < -0.3 is 5.32 Å². The molecule has 1 saturated heterocycles. The van der Waals surface area contributed by atoms with E-state index >= 15 is 0 Å². The number of rotatable bonds is 7. The minimum Gasteiger partial charge on any atom is -0.355 e. The molecule has 0 saturated carbocycles. The molecular weight excluding hydrogens is 350 g/mol. The van der Waals surface area contributed by atoms with E-state index < -0.39 is 0 Å². The summed E-state index contributed by atoms with van der Waals surface area (Å²) in [6.45, 7) is 8.21. The van der Waals surface area contributed by atoms with Crippen molar-refractivity contribution < 1.29 is 9.59 Å². The normalized spacial score (nSPS) is 15.5. The van der Waals surface area contributed by atoms with Gasteiger partial charge in [0.05, 0.1) is 17.8 Å². The van der Waals surface area contributed by atoms with Gasteiger partial charge in [-0.25, -0.2) is 4.98 Å². The van der Waals surface area contributed by atoms with Crippen LogP contribution in [0.2, 0.25) is 0 Å². The van der Waals surface area contributed by atoms with E-state index in [1.54, 1.807) is 4.90 Å². The predicted molar refractivity (Wildman–Crippen MR) is 101 cm³/mol. The Balaban J connectivity index is 1.46. The van der Waals surface area contributed by atoms with Crippen LogP contribution in [0.5, 0.6) is 0 Å². The van der Waals surface area contributed by atoms with Crippen LogP contribution < -0.4 is 10.2 Å². The van der Waals surface area contributed by atoms with Crippen LogP contribution in [0.4, 0.5) is 5.13 Å². The van der Waals surface area contributed by atoms with Gasteiger partial charge in [0, 0.05) is 37.1 Å². The van der Waals surface area contributed by atoms with Crippen LogP contribution in [0.15, 0.2) is 11.4 Å². The Morgan fingerprint density at radius 3 is 2.88 bits per heavy atom. The molecule has 1 aliphatic rings. The van der Waals surface area contributed by atoms with Gasteiger partial charge >= 0.3 is 0 Å². The minimum atomic E-state index is -0.0465. The molecule has 1 fully saturated rings. The van der Waals surface area contributed by atoms with Gasteiger partial charge in [-0.2, -0.15) is 5.10 Å². The number of aromatic nitrogens is 3. The fraction of sp³-hybridized carbons (Fsp3) is 0.556. The molecule has 0 aromatic carbocycles. The van der Waals surface area contributed by atoms with Crippen molar-refractivity contribution >= 4 is 28.3 Å². The van der Waals surface area contributed by atoms with E-state index in [1.165, 1.54) is 11.3 Å². The van der Waals surface area contributed by atoms with E-state index in [1.807, 2.05) is 23.9 Å². The molecule has 3 rings (SSSR count). The van der Waals surface area contributed by atoms with E-state index in [0.717, 1.165) is 30.9 Å². The van der Waals surface area contributed by atoms with Crippen molar-refractivity contribution in [3.63, 3.8) is 0 Å². The summed E-state index contributed by atoms with van der Waals surface area (Å²) in [6, 6.07) is 2.05. The molecule has 26 heavy (non-hydrogen) atoms. The smallest absolute Gasteiger partial charge is 0.228 e. The summed E-state index contributed by atoms with van der Waals surface area (Å²) in [5, 5.41) is 9.99. The molecule has 0 spiro atoms. The molecule has 2 aromatic rings. The van der Waals surface area contributed by atoms with E-state index in [0.29, 0.717) is 23.8 Å². The van der Waals surface area contributed by atoms with Gasteiger partial charge in [0.25, 0.3) is 0 Å². The molecule has 2 aromatic heterocycles. The van der Waals surface area contributed by atoms with Crippen LogP contribution in [0, 0.1) is 19.8 Å². The van der Waals surface area contributed by atoms with Crippen LogP contribution in [-0.4, -0.2) is 39.7 Å².